The fourth-order valence-corrected chi connectivity index (χ4v) is 2.57. The Bertz CT molecular complexity index is 218. The van der Waals surface area contributed by atoms with E-state index in [1.807, 2.05) is 0 Å². The Morgan fingerprint density at radius 3 is 2.88 bits per heavy atom. The molecule has 0 aromatic rings. The number of aliphatic hydroxyl groups excluding tert-OH is 1. The van der Waals surface area contributed by atoms with Crippen LogP contribution in [0.4, 0.5) is 0 Å². The second-order valence-electron chi connectivity index (χ2n) is 5.21. The van der Waals surface area contributed by atoms with Crippen molar-refractivity contribution in [2.75, 3.05) is 19.8 Å². The van der Waals surface area contributed by atoms with Crippen molar-refractivity contribution < 1.29 is 14.6 Å². The summed E-state index contributed by atoms with van der Waals surface area (Å²) in [5, 5.41) is 9.15. The van der Waals surface area contributed by atoms with Crippen LogP contribution < -0.4 is 5.73 Å². The minimum Gasteiger partial charge on any atom is -0.394 e. The maximum Gasteiger partial charge on any atom is 0.0808 e. The molecule has 2 aliphatic rings. The lowest BCUT2D eigenvalue weighted by Gasteiger charge is -2.25. The van der Waals surface area contributed by atoms with Gasteiger partial charge in [-0.15, -0.1) is 0 Å². The van der Waals surface area contributed by atoms with E-state index in [-0.39, 0.29) is 18.8 Å². The van der Waals surface area contributed by atoms with Gasteiger partial charge in [0, 0.05) is 12.1 Å². The molecule has 0 aromatic carbocycles. The molecule has 0 aromatic heterocycles. The summed E-state index contributed by atoms with van der Waals surface area (Å²) in [6.45, 7) is 1.62. The lowest BCUT2D eigenvalue weighted by atomic mass is 10.0. The third-order valence-corrected chi connectivity index (χ3v) is 3.71. The van der Waals surface area contributed by atoms with E-state index in [1.165, 1.54) is 12.8 Å². The summed E-state index contributed by atoms with van der Waals surface area (Å²) < 4.78 is 11.4. The summed E-state index contributed by atoms with van der Waals surface area (Å²) in [5.74, 6) is 0. The monoisotopic (exact) mass is 229 g/mol. The van der Waals surface area contributed by atoms with Gasteiger partial charge in [0.15, 0.2) is 0 Å². The van der Waals surface area contributed by atoms with Crippen LogP contribution in [0.5, 0.6) is 0 Å². The highest BCUT2D eigenvalue weighted by atomic mass is 16.5. The lowest BCUT2D eigenvalue weighted by molar-refractivity contribution is -0.0626. The fraction of sp³-hybridized carbons (Fsp3) is 1.00. The number of hydrogen-bond acceptors (Lipinski definition) is 4. The Kier molecular flexibility index (Phi) is 4.19. The first kappa shape index (κ1) is 12.3. The van der Waals surface area contributed by atoms with Gasteiger partial charge in [0.1, 0.15) is 0 Å². The van der Waals surface area contributed by atoms with Crippen LogP contribution in [0.1, 0.15) is 38.5 Å². The highest BCUT2D eigenvalue weighted by Gasteiger charge is 2.36. The van der Waals surface area contributed by atoms with Crippen LogP contribution in [0.25, 0.3) is 0 Å². The minimum atomic E-state index is -0.405. The quantitative estimate of drug-likeness (QED) is 0.749. The molecule has 4 nitrogen and oxygen atoms in total. The van der Waals surface area contributed by atoms with Crippen molar-refractivity contribution in [2.24, 2.45) is 5.73 Å². The van der Waals surface area contributed by atoms with Gasteiger partial charge in [-0.05, 0) is 38.5 Å². The molecule has 4 heteroatoms. The molecule has 0 bridgehead atoms. The molecule has 94 valence electrons. The first-order valence-corrected chi connectivity index (χ1v) is 6.35. The first-order chi connectivity index (χ1) is 7.72. The molecule has 0 spiro atoms. The zero-order valence-electron chi connectivity index (χ0n) is 9.86. The van der Waals surface area contributed by atoms with Crippen LogP contribution in [0, 0.1) is 0 Å². The van der Waals surface area contributed by atoms with Gasteiger partial charge in [-0.3, -0.25) is 0 Å². The molecule has 1 heterocycles. The summed E-state index contributed by atoms with van der Waals surface area (Å²) in [6.07, 6.45) is 6.62. The van der Waals surface area contributed by atoms with E-state index in [9.17, 15) is 0 Å². The van der Waals surface area contributed by atoms with Gasteiger partial charge in [-0.2, -0.15) is 0 Å². The van der Waals surface area contributed by atoms with E-state index in [0.717, 1.165) is 32.3 Å². The summed E-state index contributed by atoms with van der Waals surface area (Å²) in [7, 11) is 0. The maximum absolute atomic E-state index is 9.15. The highest BCUT2D eigenvalue weighted by molar-refractivity contribution is 4.93. The Morgan fingerprint density at radius 2 is 2.25 bits per heavy atom. The van der Waals surface area contributed by atoms with Crippen LogP contribution in [-0.2, 0) is 9.47 Å². The molecule has 1 saturated heterocycles. The Hall–Kier alpha value is -0.160. The Morgan fingerprint density at radius 1 is 1.38 bits per heavy atom. The van der Waals surface area contributed by atoms with Crippen LogP contribution >= 0.6 is 0 Å². The number of nitrogens with two attached hydrogens (primary N) is 1. The molecule has 0 radical (unpaired) electrons. The zero-order valence-corrected chi connectivity index (χ0v) is 9.86. The zero-order chi connectivity index (χ0) is 11.4. The molecule has 1 aliphatic carbocycles. The Balaban J connectivity index is 1.67. The highest BCUT2D eigenvalue weighted by Crippen LogP contribution is 2.29. The third kappa shape index (κ3) is 3.17. The van der Waals surface area contributed by atoms with E-state index in [0.29, 0.717) is 6.61 Å². The van der Waals surface area contributed by atoms with Gasteiger partial charge in [0.05, 0.1) is 25.4 Å². The average Bonchev–Trinajstić information content (AvgIpc) is 2.71. The lowest BCUT2D eigenvalue weighted by Crippen LogP contribution is -2.41. The van der Waals surface area contributed by atoms with Crippen molar-refractivity contribution in [3.05, 3.63) is 0 Å². The molecule has 1 saturated carbocycles. The molecule has 3 atom stereocenters. The summed E-state index contributed by atoms with van der Waals surface area (Å²) in [6, 6.07) is 0. The summed E-state index contributed by atoms with van der Waals surface area (Å²) in [5.41, 5.74) is 5.59. The molecule has 16 heavy (non-hydrogen) atoms. The van der Waals surface area contributed by atoms with Crippen LogP contribution in [0.15, 0.2) is 0 Å². The van der Waals surface area contributed by atoms with Crippen molar-refractivity contribution in [1.29, 1.82) is 0 Å². The number of aliphatic hydroxyl groups is 1. The van der Waals surface area contributed by atoms with E-state index in [2.05, 4.69) is 0 Å². The number of ether oxygens (including phenoxy) is 2. The van der Waals surface area contributed by atoms with Crippen molar-refractivity contribution in [2.45, 2.75) is 56.3 Å². The first-order valence-electron chi connectivity index (χ1n) is 6.35. The van der Waals surface area contributed by atoms with Crippen LogP contribution in [-0.4, -0.2) is 42.7 Å². The maximum atomic E-state index is 9.15. The Labute approximate surface area is 97.1 Å². The van der Waals surface area contributed by atoms with Crippen molar-refractivity contribution in [1.82, 2.24) is 0 Å². The van der Waals surface area contributed by atoms with E-state index < -0.39 is 5.54 Å². The average molecular weight is 229 g/mol. The smallest absolute Gasteiger partial charge is 0.0808 e. The van der Waals surface area contributed by atoms with Gasteiger partial charge in [-0.1, -0.05) is 0 Å². The minimum absolute atomic E-state index is 0.0623. The summed E-state index contributed by atoms with van der Waals surface area (Å²) in [4.78, 5) is 0. The largest absolute Gasteiger partial charge is 0.394 e. The van der Waals surface area contributed by atoms with Gasteiger partial charge >= 0.3 is 0 Å². The van der Waals surface area contributed by atoms with E-state index in [1.54, 1.807) is 0 Å². The molecule has 2 fully saturated rings. The van der Waals surface area contributed by atoms with Crippen molar-refractivity contribution in [3.63, 3.8) is 0 Å². The molecule has 3 N–H and O–H groups in total. The van der Waals surface area contributed by atoms with Gasteiger partial charge in [0.2, 0.25) is 0 Å². The molecular formula is C12H23NO3. The predicted octanol–water partition coefficient (Wildman–Crippen LogP) is 0.814. The standard InChI is InChI=1S/C12H23NO3/c13-12(9-14)5-4-10(7-12)16-8-11-3-1-2-6-15-11/h10-11,14H,1-9,13H2. The second-order valence-corrected chi connectivity index (χ2v) is 5.21. The van der Waals surface area contributed by atoms with Gasteiger partial charge in [-0.25, -0.2) is 0 Å². The van der Waals surface area contributed by atoms with Gasteiger partial charge < -0.3 is 20.3 Å². The van der Waals surface area contributed by atoms with E-state index in [4.69, 9.17) is 20.3 Å². The summed E-state index contributed by atoms with van der Waals surface area (Å²) >= 11 is 0. The number of rotatable bonds is 4. The molecular weight excluding hydrogens is 206 g/mol. The van der Waals surface area contributed by atoms with E-state index >= 15 is 0 Å². The van der Waals surface area contributed by atoms with Crippen molar-refractivity contribution >= 4 is 0 Å². The normalized spacial score (nSPS) is 40.1. The fourth-order valence-electron chi connectivity index (χ4n) is 2.57. The number of hydrogen-bond donors (Lipinski definition) is 2. The second kappa shape index (κ2) is 5.45. The van der Waals surface area contributed by atoms with Crippen LogP contribution in [0.3, 0.4) is 0 Å². The molecule has 3 unspecified atom stereocenters. The molecule has 1 aliphatic heterocycles. The predicted molar refractivity (Wildman–Crippen MR) is 61.2 cm³/mol. The molecule has 0 amide bonds. The molecule has 2 rings (SSSR count). The van der Waals surface area contributed by atoms with Crippen LogP contribution in [0.2, 0.25) is 0 Å². The topological polar surface area (TPSA) is 64.7 Å². The SMILES string of the molecule is NC1(CO)CCC(OCC2CCCCO2)C1. The third-order valence-electron chi connectivity index (χ3n) is 3.71. The van der Waals surface area contributed by atoms with Crippen molar-refractivity contribution in [3.8, 4) is 0 Å². The van der Waals surface area contributed by atoms with Gasteiger partial charge in [0.25, 0.3) is 0 Å².